The number of benzene rings is 1. The maximum absolute atomic E-state index is 11.8. The number of amides is 3. The number of aliphatic carboxylic acids is 1. The van der Waals surface area contributed by atoms with Crippen LogP contribution in [0.4, 0.5) is 10.5 Å². The average molecular weight is 293 g/mol. The molecule has 114 valence electrons. The molecule has 0 saturated heterocycles. The maximum Gasteiger partial charge on any atom is 0.326 e. The van der Waals surface area contributed by atoms with Crippen molar-refractivity contribution in [3.05, 3.63) is 29.8 Å². The molecule has 1 rings (SSSR count). The highest BCUT2D eigenvalue weighted by molar-refractivity contribution is 5.94. The summed E-state index contributed by atoms with van der Waals surface area (Å²) in [5, 5.41) is 13.7. The van der Waals surface area contributed by atoms with Gasteiger partial charge in [0.1, 0.15) is 6.04 Å². The van der Waals surface area contributed by atoms with Gasteiger partial charge in [0.15, 0.2) is 0 Å². The third-order valence-electron chi connectivity index (χ3n) is 2.79. The van der Waals surface area contributed by atoms with E-state index in [2.05, 4.69) is 10.6 Å². The molecule has 0 aliphatic rings. The minimum absolute atomic E-state index is 0.459. The van der Waals surface area contributed by atoms with Gasteiger partial charge in [-0.15, -0.1) is 0 Å². The largest absolute Gasteiger partial charge is 0.480 e. The van der Waals surface area contributed by atoms with Crippen molar-refractivity contribution in [2.24, 2.45) is 5.73 Å². The van der Waals surface area contributed by atoms with Crippen LogP contribution in [-0.2, 0) is 16.0 Å². The second-order valence-corrected chi connectivity index (χ2v) is 4.57. The molecule has 0 unspecified atom stereocenters. The zero-order valence-corrected chi connectivity index (χ0v) is 11.8. The standard InChI is InChI=1S/C14H19N3O4/c1-2-5-9-6-3-4-7-10(9)16-14(21)17-11(13(19)20)8-12(15)18/h3-4,6-7,11H,2,5,8H2,1H3,(H2,15,18)(H,19,20)(H2,16,17,21)/t11-/m0/s1. The second kappa shape index (κ2) is 7.88. The van der Waals surface area contributed by atoms with Gasteiger partial charge in [-0.05, 0) is 18.1 Å². The van der Waals surface area contributed by atoms with Gasteiger partial charge in [0.05, 0.1) is 6.42 Å². The third kappa shape index (κ3) is 5.52. The van der Waals surface area contributed by atoms with E-state index in [9.17, 15) is 14.4 Å². The van der Waals surface area contributed by atoms with Crippen LogP contribution in [0.3, 0.4) is 0 Å². The van der Waals surface area contributed by atoms with Crippen LogP contribution in [0.1, 0.15) is 25.3 Å². The first-order valence-corrected chi connectivity index (χ1v) is 6.60. The molecule has 0 heterocycles. The third-order valence-corrected chi connectivity index (χ3v) is 2.79. The maximum atomic E-state index is 11.8. The highest BCUT2D eigenvalue weighted by Gasteiger charge is 2.22. The van der Waals surface area contributed by atoms with Crippen molar-refractivity contribution in [1.82, 2.24) is 5.32 Å². The number of carboxylic acid groups (broad SMARTS) is 1. The normalized spacial score (nSPS) is 11.5. The minimum Gasteiger partial charge on any atom is -0.480 e. The zero-order chi connectivity index (χ0) is 15.8. The lowest BCUT2D eigenvalue weighted by atomic mass is 10.1. The summed E-state index contributed by atoms with van der Waals surface area (Å²) in [7, 11) is 0. The SMILES string of the molecule is CCCc1ccccc1NC(=O)N[C@@H](CC(N)=O)C(=O)O. The lowest BCUT2D eigenvalue weighted by Gasteiger charge is -2.15. The summed E-state index contributed by atoms with van der Waals surface area (Å²) < 4.78 is 0. The van der Waals surface area contributed by atoms with Gasteiger partial charge in [0.25, 0.3) is 0 Å². The van der Waals surface area contributed by atoms with E-state index in [0.717, 1.165) is 18.4 Å². The molecule has 1 aromatic carbocycles. The molecule has 1 atom stereocenters. The first kappa shape index (κ1) is 16.5. The number of carbonyl (C=O) groups excluding carboxylic acids is 2. The number of nitrogens with two attached hydrogens (primary N) is 1. The number of carboxylic acids is 1. The van der Waals surface area contributed by atoms with Gasteiger partial charge < -0.3 is 21.5 Å². The Morgan fingerprint density at radius 3 is 2.52 bits per heavy atom. The van der Waals surface area contributed by atoms with E-state index < -0.39 is 30.4 Å². The molecule has 0 fully saturated rings. The number of primary amides is 1. The van der Waals surface area contributed by atoms with Crippen LogP contribution in [0, 0.1) is 0 Å². The van der Waals surface area contributed by atoms with E-state index in [1.165, 1.54) is 0 Å². The van der Waals surface area contributed by atoms with Crippen LogP contribution in [0.25, 0.3) is 0 Å². The monoisotopic (exact) mass is 293 g/mol. The first-order chi connectivity index (χ1) is 9.93. The Morgan fingerprint density at radius 2 is 1.95 bits per heavy atom. The zero-order valence-electron chi connectivity index (χ0n) is 11.8. The van der Waals surface area contributed by atoms with Gasteiger partial charge in [-0.3, -0.25) is 4.79 Å². The molecular weight excluding hydrogens is 274 g/mol. The van der Waals surface area contributed by atoms with Crippen molar-refractivity contribution < 1.29 is 19.5 Å². The van der Waals surface area contributed by atoms with Crippen molar-refractivity contribution in [1.29, 1.82) is 0 Å². The Balaban J connectivity index is 2.72. The summed E-state index contributed by atoms with van der Waals surface area (Å²) >= 11 is 0. The lowest BCUT2D eigenvalue weighted by Crippen LogP contribution is -2.45. The molecular formula is C14H19N3O4. The molecule has 0 bridgehead atoms. The summed E-state index contributed by atoms with van der Waals surface area (Å²) in [5.41, 5.74) is 6.52. The second-order valence-electron chi connectivity index (χ2n) is 4.57. The van der Waals surface area contributed by atoms with Gasteiger partial charge in [0, 0.05) is 5.69 Å². The molecule has 1 aromatic rings. The van der Waals surface area contributed by atoms with Crippen molar-refractivity contribution in [2.45, 2.75) is 32.2 Å². The van der Waals surface area contributed by atoms with Crippen LogP contribution in [0.5, 0.6) is 0 Å². The Bertz CT molecular complexity index is 531. The smallest absolute Gasteiger partial charge is 0.326 e. The molecule has 7 heteroatoms. The number of hydrogen-bond donors (Lipinski definition) is 4. The van der Waals surface area contributed by atoms with E-state index >= 15 is 0 Å². The Labute approximate surface area is 122 Å². The summed E-state index contributed by atoms with van der Waals surface area (Å²) in [6.07, 6.45) is 1.25. The number of carbonyl (C=O) groups is 3. The van der Waals surface area contributed by atoms with Crippen LogP contribution in [-0.4, -0.2) is 29.1 Å². The van der Waals surface area contributed by atoms with Crippen molar-refractivity contribution in [3.8, 4) is 0 Å². The van der Waals surface area contributed by atoms with Gasteiger partial charge in [-0.2, -0.15) is 0 Å². The number of hydrogen-bond acceptors (Lipinski definition) is 3. The quantitative estimate of drug-likeness (QED) is 0.601. The fourth-order valence-electron chi connectivity index (χ4n) is 1.85. The number of aryl methyl sites for hydroxylation is 1. The molecule has 0 aliphatic carbocycles. The van der Waals surface area contributed by atoms with E-state index in [1.54, 1.807) is 12.1 Å². The number of para-hydroxylation sites is 1. The molecule has 0 aliphatic heterocycles. The van der Waals surface area contributed by atoms with E-state index in [0.29, 0.717) is 5.69 Å². The number of urea groups is 1. The molecule has 0 radical (unpaired) electrons. The predicted molar refractivity (Wildman–Crippen MR) is 77.8 cm³/mol. The van der Waals surface area contributed by atoms with E-state index in [4.69, 9.17) is 10.8 Å². The van der Waals surface area contributed by atoms with E-state index in [1.807, 2.05) is 19.1 Å². The average Bonchev–Trinajstić information content (AvgIpc) is 2.40. The van der Waals surface area contributed by atoms with Crippen molar-refractivity contribution in [3.63, 3.8) is 0 Å². The number of anilines is 1. The molecule has 0 aromatic heterocycles. The van der Waals surface area contributed by atoms with E-state index in [-0.39, 0.29) is 0 Å². The van der Waals surface area contributed by atoms with Gasteiger partial charge >= 0.3 is 12.0 Å². The van der Waals surface area contributed by atoms with Gasteiger partial charge in [-0.25, -0.2) is 9.59 Å². The van der Waals surface area contributed by atoms with Crippen LogP contribution in [0.15, 0.2) is 24.3 Å². The van der Waals surface area contributed by atoms with Gasteiger partial charge in [-0.1, -0.05) is 31.5 Å². The summed E-state index contributed by atoms with van der Waals surface area (Å²) in [5.74, 6) is -2.11. The molecule has 21 heavy (non-hydrogen) atoms. The molecule has 7 nitrogen and oxygen atoms in total. The summed E-state index contributed by atoms with van der Waals surface area (Å²) in [6.45, 7) is 2.02. The lowest BCUT2D eigenvalue weighted by molar-refractivity contribution is -0.140. The molecule has 0 spiro atoms. The predicted octanol–water partition coefficient (Wildman–Crippen LogP) is 1.09. The van der Waals surface area contributed by atoms with Crippen LogP contribution < -0.4 is 16.4 Å². The Hall–Kier alpha value is -2.57. The highest BCUT2D eigenvalue weighted by atomic mass is 16.4. The van der Waals surface area contributed by atoms with Crippen molar-refractivity contribution >= 4 is 23.6 Å². The van der Waals surface area contributed by atoms with Gasteiger partial charge in [0.2, 0.25) is 5.91 Å². The summed E-state index contributed by atoms with van der Waals surface area (Å²) in [6, 6.07) is 5.22. The first-order valence-electron chi connectivity index (χ1n) is 6.60. The molecule has 0 saturated carbocycles. The van der Waals surface area contributed by atoms with Crippen molar-refractivity contribution in [2.75, 3.05) is 5.32 Å². The number of nitrogens with one attached hydrogen (secondary N) is 2. The molecule has 5 N–H and O–H groups in total. The molecule has 3 amide bonds. The topological polar surface area (TPSA) is 122 Å². The summed E-state index contributed by atoms with van der Waals surface area (Å²) in [4.78, 5) is 33.6. The highest BCUT2D eigenvalue weighted by Crippen LogP contribution is 2.16. The minimum atomic E-state index is -1.35. The Morgan fingerprint density at radius 1 is 1.29 bits per heavy atom. The van der Waals surface area contributed by atoms with Crippen LogP contribution in [0.2, 0.25) is 0 Å². The fraction of sp³-hybridized carbons (Fsp3) is 0.357. The van der Waals surface area contributed by atoms with Crippen LogP contribution >= 0.6 is 0 Å². The fourth-order valence-corrected chi connectivity index (χ4v) is 1.85. The Kier molecular flexibility index (Phi) is 6.19. The number of rotatable bonds is 7.